The monoisotopic (exact) mass is 411 g/mol. The maximum absolute atomic E-state index is 13.2. The molecule has 1 N–H and O–H groups in total. The predicted molar refractivity (Wildman–Crippen MR) is 113 cm³/mol. The van der Waals surface area contributed by atoms with Crippen molar-refractivity contribution in [2.45, 2.75) is 38.0 Å². The van der Waals surface area contributed by atoms with Crippen molar-refractivity contribution >= 4 is 27.1 Å². The second kappa shape index (κ2) is 6.83. The first-order valence-electron chi connectivity index (χ1n) is 10.3. The summed E-state index contributed by atoms with van der Waals surface area (Å²) in [4.78, 5) is 19.5. The van der Waals surface area contributed by atoms with Crippen LogP contribution in [-0.4, -0.2) is 48.8 Å². The summed E-state index contributed by atoms with van der Waals surface area (Å²) in [6.07, 6.45) is 5.12. The zero-order valence-electron chi connectivity index (χ0n) is 16.5. The molecule has 0 spiro atoms. The molecule has 1 saturated heterocycles. The van der Waals surface area contributed by atoms with Gasteiger partial charge in [0.15, 0.2) is 9.84 Å². The SMILES string of the molecule is Cc1cccc(Nc2cnc(C(=O)N3CCS(=O)(=O)CC3)c3c2C2CCC3C2)c1. The molecule has 0 radical (unpaired) electrons. The number of anilines is 2. The van der Waals surface area contributed by atoms with Gasteiger partial charge in [-0.15, -0.1) is 0 Å². The molecule has 2 heterocycles. The Morgan fingerprint density at radius 2 is 1.86 bits per heavy atom. The average Bonchev–Trinajstić information content (AvgIpc) is 3.30. The Labute approximate surface area is 171 Å². The van der Waals surface area contributed by atoms with E-state index in [1.54, 1.807) is 11.1 Å². The number of rotatable bonds is 3. The normalized spacial score (nSPS) is 24.4. The quantitative estimate of drug-likeness (QED) is 0.838. The Morgan fingerprint density at radius 3 is 2.59 bits per heavy atom. The zero-order chi connectivity index (χ0) is 20.2. The number of benzene rings is 1. The number of pyridine rings is 1. The molecular formula is C22H25N3O3S. The van der Waals surface area contributed by atoms with Gasteiger partial charge in [-0.3, -0.25) is 4.79 Å². The molecule has 1 aliphatic heterocycles. The van der Waals surface area contributed by atoms with Gasteiger partial charge in [-0.2, -0.15) is 0 Å². The minimum absolute atomic E-state index is 0.0416. The van der Waals surface area contributed by atoms with E-state index in [1.807, 2.05) is 12.1 Å². The Balaban J connectivity index is 1.50. The van der Waals surface area contributed by atoms with E-state index >= 15 is 0 Å². The summed E-state index contributed by atoms with van der Waals surface area (Å²) < 4.78 is 23.5. The highest BCUT2D eigenvalue weighted by molar-refractivity contribution is 7.91. The van der Waals surface area contributed by atoms with Crippen molar-refractivity contribution in [3.05, 3.63) is 52.8 Å². The molecule has 6 nitrogen and oxygen atoms in total. The van der Waals surface area contributed by atoms with Crippen molar-refractivity contribution in [2.75, 3.05) is 29.9 Å². The Morgan fingerprint density at radius 1 is 1.14 bits per heavy atom. The van der Waals surface area contributed by atoms with Crippen LogP contribution in [0.1, 0.15) is 58.3 Å². The van der Waals surface area contributed by atoms with E-state index < -0.39 is 9.84 Å². The fourth-order valence-corrected chi connectivity index (χ4v) is 6.31. The molecule has 1 amide bonds. The number of fused-ring (bicyclic) bond motifs is 5. The minimum atomic E-state index is -3.02. The van der Waals surface area contributed by atoms with Crippen molar-refractivity contribution in [3.63, 3.8) is 0 Å². The molecule has 1 aromatic carbocycles. The lowest BCUT2D eigenvalue weighted by Crippen LogP contribution is -2.44. The van der Waals surface area contributed by atoms with Gasteiger partial charge in [-0.25, -0.2) is 13.4 Å². The van der Waals surface area contributed by atoms with Gasteiger partial charge in [-0.1, -0.05) is 12.1 Å². The number of sulfone groups is 1. The van der Waals surface area contributed by atoms with Crippen LogP contribution in [0.25, 0.3) is 0 Å². The second-order valence-corrected chi connectivity index (χ2v) is 10.8. The highest BCUT2D eigenvalue weighted by Gasteiger charge is 2.42. The zero-order valence-corrected chi connectivity index (χ0v) is 17.3. The van der Waals surface area contributed by atoms with E-state index in [2.05, 4.69) is 29.4 Å². The van der Waals surface area contributed by atoms with Crippen LogP contribution in [0.3, 0.4) is 0 Å². The number of nitrogens with one attached hydrogen (secondary N) is 1. The lowest BCUT2D eigenvalue weighted by Gasteiger charge is -2.28. The lowest BCUT2D eigenvalue weighted by atomic mass is 9.89. The van der Waals surface area contributed by atoms with Crippen molar-refractivity contribution in [3.8, 4) is 0 Å². The van der Waals surface area contributed by atoms with Crippen LogP contribution in [0.4, 0.5) is 11.4 Å². The topological polar surface area (TPSA) is 79.4 Å². The standard InChI is InChI=1S/C22H25N3O3S/c1-14-3-2-4-17(11-14)24-18-13-23-21(20-16-6-5-15(12-16)19(18)20)22(26)25-7-9-29(27,28)10-8-25/h2-4,11,13,15-16,24H,5-10,12H2,1H3. The molecule has 3 aliphatic rings. The molecule has 2 aliphatic carbocycles. The van der Waals surface area contributed by atoms with E-state index in [1.165, 1.54) is 11.1 Å². The molecule has 1 saturated carbocycles. The number of carbonyl (C=O) groups is 1. The summed E-state index contributed by atoms with van der Waals surface area (Å²) in [6, 6.07) is 8.24. The van der Waals surface area contributed by atoms with Crippen LogP contribution in [0.15, 0.2) is 30.5 Å². The van der Waals surface area contributed by atoms with Gasteiger partial charge in [-0.05, 0) is 66.8 Å². The lowest BCUT2D eigenvalue weighted by molar-refractivity contribution is 0.0762. The molecule has 2 fully saturated rings. The Hall–Kier alpha value is -2.41. The van der Waals surface area contributed by atoms with Crippen LogP contribution in [-0.2, 0) is 9.84 Å². The molecule has 1 aromatic heterocycles. The van der Waals surface area contributed by atoms with Crippen LogP contribution in [0, 0.1) is 6.92 Å². The molecule has 2 aromatic rings. The summed E-state index contributed by atoms with van der Waals surface area (Å²) in [5, 5.41) is 3.52. The highest BCUT2D eigenvalue weighted by atomic mass is 32.2. The predicted octanol–water partition coefficient (Wildman–Crippen LogP) is 3.37. The summed E-state index contributed by atoms with van der Waals surface area (Å²) in [5.74, 6) is 0.818. The summed E-state index contributed by atoms with van der Waals surface area (Å²) in [7, 11) is -3.02. The number of carbonyl (C=O) groups excluding carboxylic acids is 1. The Bertz CT molecular complexity index is 1080. The minimum Gasteiger partial charge on any atom is -0.354 e. The summed E-state index contributed by atoms with van der Waals surface area (Å²) >= 11 is 0. The van der Waals surface area contributed by atoms with Gasteiger partial charge >= 0.3 is 0 Å². The third-order valence-corrected chi connectivity index (χ3v) is 8.15. The van der Waals surface area contributed by atoms with E-state index in [4.69, 9.17) is 0 Å². The number of nitrogens with zero attached hydrogens (tertiary/aromatic N) is 2. The van der Waals surface area contributed by atoms with Crippen molar-refractivity contribution in [1.82, 2.24) is 9.88 Å². The largest absolute Gasteiger partial charge is 0.354 e. The van der Waals surface area contributed by atoms with Crippen LogP contribution in [0.2, 0.25) is 0 Å². The van der Waals surface area contributed by atoms with Crippen molar-refractivity contribution in [2.24, 2.45) is 0 Å². The fourth-order valence-electron chi connectivity index (χ4n) is 5.11. The third kappa shape index (κ3) is 3.31. The van der Waals surface area contributed by atoms with Crippen LogP contribution < -0.4 is 5.32 Å². The molecule has 2 atom stereocenters. The second-order valence-electron chi connectivity index (χ2n) is 8.49. The van der Waals surface area contributed by atoms with Gasteiger partial charge in [0, 0.05) is 18.8 Å². The third-order valence-electron chi connectivity index (χ3n) is 6.54. The maximum Gasteiger partial charge on any atom is 0.272 e. The number of amides is 1. The van der Waals surface area contributed by atoms with E-state index in [0.29, 0.717) is 17.5 Å². The maximum atomic E-state index is 13.2. The van der Waals surface area contributed by atoms with E-state index in [-0.39, 0.29) is 30.5 Å². The number of aromatic nitrogens is 1. The van der Waals surface area contributed by atoms with Crippen LogP contribution in [0.5, 0.6) is 0 Å². The van der Waals surface area contributed by atoms with Gasteiger partial charge in [0.2, 0.25) is 0 Å². The smallest absolute Gasteiger partial charge is 0.272 e. The molecule has 2 bridgehead atoms. The summed E-state index contributed by atoms with van der Waals surface area (Å²) in [5.41, 5.74) is 6.07. The molecule has 152 valence electrons. The van der Waals surface area contributed by atoms with Gasteiger partial charge < -0.3 is 10.2 Å². The molecule has 2 unspecified atom stereocenters. The van der Waals surface area contributed by atoms with Gasteiger partial charge in [0.1, 0.15) is 5.69 Å². The first-order chi connectivity index (χ1) is 13.9. The van der Waals surface area contributed by atoms with E-state index in [9.17, 15) is 13.2 Å². The fraction of sp³-hybridized carbons (Fsp3) is 0.455. The van der Waals surface area contributed by atoms with Gasteiger partial charge in [0.05, 0.1) is 23.4 Å². The summed E-state index contributed by atoms with van der Waals surface area (Å²) in [6.45, 7) is 2.58. The average molecular weight is 412 g/mol. The molecule has 5 rings (SSSR count). The Kier molecular flexibility index (Phi) is 4.38. The first-order valence-corrected chi connectivity index (χ1v) is 12.1. The van der Waals surface area contributed by atoms with E-state index in [0.717, 1.165) is 36.2 Å². The number of aryl methyl sites for hydroxylation is 1. The van der Waals surface area contributed by atoms with Crippen molar-refractivity contribution in [1.29, 1.82) is 0 Å². The number of hydrogen-bond donors (Lipinski definition) is 1. The highest BCUT2D eigenvalue weighted by Crippen LogP contribution is 2.56. The molecule has 7 heteroatoms. The molecular weight excluding hydrogens is 386 g/mol. The van der Waals surface area contributed by atoms with Gasteiger partial charge in [0.25, 0.3) is 5.91 Å². The van der Waals surface area contributed by atoms with Crippen molar-refractivity contribution < 1.29 is 13.2 Å². The van der Waals surface area contributed by atoms with Crippen LogP contribution >= 0.6 is 0 Å². The molecule has 29 heavy (non-hydrogen) atoms. The number of hydrogen-bond acceptors (Lipinski definition) is 5. The first kappa shape index (κ1) is 18.6.